The molecule has 0 saturated heterocycles. The van der Waals surface area contributed by atoms with Gasteiger partial charge in [0.15, 0.2) is 0 Å². The van der Waals surface area contributed by atoms with E-state index in [4.69, 9.17) is 0 Å². The van der Waals surface area contributed by atoms with E-state index in [1.165, 1.54) is 37.9 Å². The first-order chi connectivity index (χ1) is 19.7. The van der Waals surface area contributed by atoms with E-state index in [9.17, 15) is 0 Å². The summed E-state index contributed by atoms with van der Waals surface area (Å²) < 4.78 is 0. The molecule has 222 valence electrons. The van der Waals surface area contributed by atoms with Gasteiger partial charge in [0.05, 0.1) is 0 Å². The zero-order chi connectivity index (χ0) is 31.1. The second-order valence-electron chi connectivity index (χ2n) is 14.4. The van der Waals surface area contributed by atoms with E-state index in [-0.39, 0.29) is 0 Å². The van der Waals surface area contributed by atoms with Crippen molar-refractivity contribution in [3.63, 3.8) is 0 Å². The zero-order valence-corrected chi connectivity index (χ0v) is 31.7. The summed E-state index contributed by atoms with van der Waals surface area (Å²) in [6.45, 7) is 28.8. The van der Waals surface area contributed by atoms with Crippen LogP contribution < -0.4 is 0 Å². The third-order valence-corrected chi connectivity index (χ3v) is 23.7. The smallest absolute Gasteiger partial charge is 0.125 e. The molecule has 0 N–H and O–H groups in total. The maximum absolute atomic E-state index is 4.04. The van der Waals surface area contributed by atoms with Gasteiger partial charge in [0, 0.05) is 16.5 Å². The molecule has 0 aliphatic carbocycles. The van der Waals surface area contributed by atoms with Crippen molar-refractivity contribution in [3.8, 4) is 22.9 Å². The molecule has 0 bridgehead atoms. The fourth-order valence-electron chi connectivity index (χ4n) is 8.48. The average molecular weight is 656 g/mol. The molecule has 0 aliphatic rings. The van der Waals surface area contributed by atoms with Gasteiger partial charge in [0.1, 0.15) is 16.1 Å². The van der Waals surface area contributed by atoms with Gasteiger partial charge in [0.2, 0.25) is 0 Å². The molecule has 0 nitrogen and oxygen atoms in total. The van der Waals surface area contributed by atoms with Crippen molar-refractivity contribution in [1.29, 1.82) is 0 Å². The van der Waals surface area contributed by atoms with E-state index in [0.717, 1.165) is 16.5 Å². The van der Waals surface area contributed by atoms with E-state index < -0.39 is 16.1 Å². The van der Waals surface area contributed by atoms with Crippen molar-refractivity contribution in [2.75, 3.05) is 0 Å². The van der Waals surface area contributed by atoms with Gasteiger partial charge in [-0.15, -0.1) is 11.1 Å². The van der Waals surface area contributed by atoms with Crippen LogP contribution in [-0.4, -0.2) is 16.1 Å². The Hall–Kier alpha value is -2.05. The third-order valence-electron chi connectivity index (χ3n) is 10.5. The standard InChI is InChI=1S/C39H51BrSi2/c1-25(2)41(26(3)4,27(5)6)19-17-32-23-33(18-20-42(28(7)8,29(9)10)30(11)12)37-16-14-35-22-31(24-40)21-34-13-15-36(32)39(37)38(34)35/h13-16,21-23,25-30H,24H2,1-12H3. The van der Waals surface area contributed by atoms with E-state index in [0.29, 0.717) is 33.2 Å². The lowest BCUT2D eigenvalue weighted by molar-refractivity contribution is 0.838. The molecule has 3 heteroatoms. The van der Waals surface area contributed by atoms with Crippen LogP contribution in [-0.2, 0) is 5.33 Å². The first-order valence-corrected chi connectivity index (χ1v) is 21.7. The minimum atomic E-state index is -1.89. The molecule has 0 radical (unpaired) electrons. The molecule has 4 aromatic carbocycles. The summed E-state index contributed by atoms with van der Waals surface area (Å²) in [7, 11) is -3.79. The van der Waals surface area contributed by atoms with Crippen LogP contribution in [0.3, 0.4) is 0 Å². The quantitative estimate of drug-likeness (QED) is 0.0804. The molecule has 0 unspecified atom stereocenters. The first kappa shape index (κ1) is 32.9. The predicted octanol–water partition coefficient (Wildman–Crippen LogP) is 12.6. The van der Waals surface area contributed by atoms with Gasteiger partial charge in [-0.25, -0.2) is 0 Å². The van der Waals surface area contributed by atoms with Gasteiger partial charge < -0.3 is 0 Å². The maximum atomic E-state index is 4.04. The zero-order valence-electron chi connectivity index (χ0n) is 28.1. The summed E-state index contributed by atoms with van der Waals surface area (Å²) in [6, 6.07) is 16.3. The summed E-state index contributed by atoms with van der Waals surface area (Å²) in [5, 5.41) is 8.68. The summed E-state index contributed by atoms with van der Waals surface area (Å²) in [4.78, 5) is 0. The second kappa shape index (κ2) is 12.5. The topological polar surface area (TPSA) is 0 Å². The molecule has 4 rings (SSSR count). The molecule has 4 aromatic rings. The predicted molar refractivity (Wildman–Crippen MR) is 199 cm³/mol. The number of halogens is 1. The van der Waals surface area contributed by atoms with Crippen LogP contribution in [0.1, 0.15) is 99.8 Å². The number of rotatable bonds is 7. The number of benzene rings is 4. The van der Waals surface area contributed by atoms with E-state index in [2.05, 4.69) is 164 Å². The summed E-state index contributed by atoms with van der Waals surface area (Å²) in [5.41, 5.74) is 15.3. The highest BCUT2D eigenvalue weighted by Crippen LogP contribution is 2.43. The highest BCUT2D eigenvalue weighted by molar-refractivity contribution is 9.08. The monoisotopic (exact) mass is 654 g/mol. The minimum absolute atomic E-state index is 0.599. The molecule has 0 heterocycles. The number of hydrogen-bond acceptors (Lipinski definition) is 0. The van der Waals surface area contributed by atoms with Crippen molar-refractivity contribution in [1.82, 2.24) is 0 Å². The second-order valence-corrected chi connectivity index (χ2v) is 26.1. The van der Waals surface area contributed by atoms with Crippen molar-refractivity contribution in [2.45, 2.75) is 122 Å². The summed E-state index contributed by atoms with van der Waals surface area (Å²) in [5.74, 6) is 7.72. The van der Waals surface area contributed by atoms with Crippen molar-refractivity contribution < 1.29 is 0 Å². The maximum Gasteiger partial charge on any atom is 0.146 e. The highest BCUT2D eigenvalue weighted by Gasteiger charge is 2.42. The molecular formula is C39H51BrSi2. The molecule has 0 atom stereocenters. The lowest BCUT2D eigenvalue weighted by Crippen LogP contribution is -2.43. The molecule has 0 aromatic heterocycles. The largest absolute Gasteiger partial charge is 0.146 e. The summed E-state index contributed by atoms with van der Waals surface area (Å²) in [6.07, 6.45) is 0. The van der Waals surface area contributed by atoms with Crippen LogP contribution in [0.2, 0.25) is 33.2 Å². The average Bonchev–Trinajstić information content (AvgIpc) is 2.91. The van der Waals surface area contributed by atoms with Crippen LogP contribution >= 0.6 is 15.9 Å². The fourth-order valence-corrected chi connectivity index (χ4v) is 19.2. The number of alkyl halides is 1. The molecule has 42 heavy (non-hydrogen) atoms. The Morgan fingerprint density at radius 3 is 1.19 bits per heavy atom. The van der Waals surface area contributed by atoms with E-state index in [1.54, 1.807) is 0 Å². The highest BCUT2D eigenvalue weighted by atomic mass is 79.9. The van der Waals surface area contributed by atoms with E-state index in [1.807, 2.05) is 0 Å². The Kier molecular flexibility index (Phi) is 9.79. The van der Waals surface area contributed by atoms with Crippen LogP contribution in [0, 0.1) is 22.9 Å². The molecule has 0 aliphatic heterocycles. The first-order valence-electron chi connectivity index (χ1n) is 16.1. The Morgan fingerprint density at radius 1 is 0.524 bits per heavy atom. The lowest BCUT2D eigenvalue weighted by atomic mass is 9.89. The third kappa shape index (κ3) is 5.40. The van der Waals surface area contributed by atoms with Gasteiger partial charge in [-0.1, -0.05) is 147 Å². The lowest BCUT2D eigenvalue weighted by Gasteiger charge is -2.38. The Bertz CT molecular complexity index is 1540. The Labute approximate surface area is 266 Å². The van der Waals surface area contributed by atoms with Crippen LogP contribution in [0.25, 0.3) is 32.3 Å². The van der Waals surface area contributed by atoms with Gasteiger partial charge in [0.25, 0.3) is 0 Å². The van der Waals surface area contributed by atoms with E-state index >= 15 is 0 Å². The Morgan fingerprint density at radius 2 is 0.881 bits per heavy atom. The molecule has 0 amide bonds. The van der Waals surface area contributed by atoms with Crippen molar-refractivity contribution in [3.05, 3.63) is 59.2 Å². The normalized spacial score (nSPS) is 12.9. The molecule has 0 spiro atoms. The number of hydrogen-bond donors (Lipinski definition) is 0. The van der Waals surface area contributed by atoms with Gasteiger partial charge in [-0.2, -0.15) is 0 Å². The Balaban J connectivity index is 2.14. The van der Waals surface area contributed by atoms with Gasteiger partial charge in [-0.3, -0.25) is 0 Å². The van der Waals surface area contributed by atoms with Gasteiger partial charge >= 0.3 is 0 Å². The van der Waals surface area contributed by atoms with Crippen LogP contribution in [0.15, 0.2) is 42.5 Å². The molecular weight excluding hydrogens is 605 g/mol. The van der Waals surface area contributed by atoms with Crippen LogP contribution in [0.4, 0.5) is 0 Å². The molecule has 0 fully saturated rings. The SMILES string of the molecule is CC(C)[Si](C#Cc1cc(C#C[Si](C(C)C)(C(C)C)C(C)C)c2ccc3cc(CBr)cc4ccc1c2c43)(C(C)C)C(C)C. The summed E-state index contributed by atoms with van der Waals surface area (Å²) >= 11 is 3.69. The molecule has 0 saturated carbocycles. The fraction of sp³-hybridized carbons (Fsp3) is 0.487. The minimum Gasteiger partial charge on any atom is -0.125 e. The van der Waals surface area contributed by atoms with Crippen LogP contribution in [0.5, 0.6) is 0 Å². The van der Waals surface area contributed by atoms with Gasteiger partial charge in [-0.05, 0) is 77.2 Å². The van der Waals surface area contributed by atoms with Crippen molar-refractivity contribution in [2.24, 2.45) is 0 Å². The van der Waals surface area contributed by atoms with Crippen molar-refractivity contribution >= 4 is 64.4 Å².